The van der Waals surface area contributed by atoms with E-state index in [1.807, 2.05) is 17.5 Å². The van der Waals surface area contributed by atoms with Gasteiger partial charge in [-0.2, -0.15) is 0 Å². The number of hydrogen-bond donors (Lipinski definition) is 1. The molecule has 2 nitrogen and oxygen atoms in total. The molecule has 15 heavy (non-hydrogen) atoms. The minimum Gasteiger partial charge on any atom is -0.480 e. The van der Waals surface area contributed by atoms with Crippen molar-refractivity contribution in [3.8, 4) is 0 Å². The van der Waals surface area contributed by atoms with Crippen LogP contribution in [0, 0.1) is 5.92 Å². The van der Waals surface area contributed by atoms with E-state index in [9.17, 15) is 9.90 Å². The molecule has 0 bridgehead atoms. The van der Waals surface area contributed by atoms with Crippen LogP contribution in [0.1, 0.15) is 27.2 Å². The van der Waals surface area contributed by atoms with E-state index >= 15 is 0 Å². The van der Waals surface area contributed by atoms with Crippen molar-refractivity contribution in [1.82, 2.24) is 0 Å². The molecule has 0 fully saturated rings. The van der Waals surface area contributed by atoms with Gasteiger partial charge in [0.1, 0.15) is 4.75 Å². The third kappa shape index (κ3) is 3.54. The number of thioether (sulfide) groups is 1. The van der Waals surface area contributed by atoms with Crippen LogP contribution in [0.25, 0.3) is 0 Å². The topological polar surface area (TPSA) is 37.3 Å². The first kappa shape index (κ1) is 12.6. The Balaban J connectivity index is 2.78. The third-order valence-corrected chi connectivity index (χ3v) is 4.40. The molecule has 0 amide bonds. The van der Waals surface area contributed by atoms with E-state index in [0.717, 1.165) is 4.21 Å². The van der Waals surface area contributed by atoms with E-state index in [1.165, 1.54) is 11.8 Å². The van der Waals surface area contributed by atoms with Gasteiger partial charge in [0.2, 0.25) is 0 Å². The Morgan fingerprint density at radius 3 is 2.73 bits per heavy atom. The maximum Gasteiger partial charge on any atom is 0.319 e. The van der Waals surface area contributed by atoms with Gasteiger partial charge in [-0.3, -0.25) is 4.79 Å². The molecule has 0 aliphatic rings. The summed E-state index contributed by atoms with van der Waals surface area (Å²) < 4.78 is 0.361. The largest absolute Gasteiger partial charge is 0.480 e. The van der Waals surface area contributed by atoms with Crippen molar-refractivity contribution < 1.29 is 9.90 Å². The molecule has 4 heteroatoms. The second-order valence-electron chi connectivity index (χ2n) is 4.17. The maximum absolute atomic E-state index is 11.3. The number of carboxylic acid groups (broad SMARTS) is 1. The molecule has 1 aromatic heterocycles. The van der Waals surface area contributed by atoms with Crippen LogP contribution in [-0.2, 0) is 4.79 Å². The molecule has 1 N–H and O–H groups in total. The van der Waals surface area contributed by atoms with Gasteiger partial charge < -0.3 is 5.11 Å². The SMILES string of the molecule is CC(C)CC(C)(Sc1cccs1)C(=O)O. The lowest BCUT2D eigenvalue weighted by Crippen LogP contribution is -2.32. The van der Waals surface area contributed by atoms with Crippen LogP contribution in [0.4, 0.5) is 0 Å². The van der Waals surface area contributed by atoms with Gasteiger partial charge in [-0.25, -0.2) is 0 Å². The number of hydrogen-bond acceptors (Lipinski definition) is 3. The van der Waals surface area contributed by atoms with Crippen LogP contribution >= 0.6 is 23.1 Å². The van der Waals surface area contributed by atoms with Gasteiger partial charge in [-0.1, -0.05) is 31.7 Å². The van der Waals surface area contributed by atoms with Crippen molar-refractivity contribution in [2.45, 2.75) is 36.1 Å². The van der Waals surface area contributed by atoms with Crippen molar-refractivity contribution in [2.24, 2.45) is 5.92 Å². The summed E-state index contributed by atoms with van der Waals surface area (Å²) in [5.74, 6) is -0.340. The monoisotopic (exact) mass is 244 g/mol. The predicted octanol–water partition coefficient (Wildman–Crippen LogP) is 3.73. The lowest BCUT2D eigenvalue weighted by Gasteiger charge is -2.25. The first-order chi connectivity index (χ1) is 6.94. The maximum atomic E-state index is 11.3. The Kier molecular flexibility index (Phi) is 4.22. The first-order valence-corrected chi connectivity index (χ1v) is 6.59. The quantitative estimate of drug-likeness (QED) is 0.802. The van der Waals surface area contributed by atoms with Crippen LogP contribution < -0.4 is 0 Å². The number of rotatable bonds is 5. The van der Waals surface area contributed by atoms with Crippen molar-refractivity contribution in [1.29, 1.82) is 0 Å². The Labute approximate surface area is 98.7 Å². The van der Waals surface area contributed by atoms with Gasteiger partial charge in [-0.05, 0) is 30.7 Å². The summed E-state index contributed by atoms with van der Waals surface area (Å²) in [5, 5.41) is 11.2. The van der Waals surface area contributed by atoms with E-state index in [0.29, 0.717) is 12.3 Å². The van der Waals surface area contributed by atoms with Gasteiger partial charge in [0, 0.05) is 0 Å². The smallest absolute Gasteiger partial charge is 0.319 e. The average molecular weight is 244 g/mol. The molecule has 1 aromatic rings. The van der Waals surface area contributed by atoms with E-state index in [1.54, 1.807) is 18.3 Å². The minimum atomic E-state index is -0.727. The summed E-state index contributed by atoms with van der Waals surface area (Å²) in [6.45, 7) is 5.91. The molecular weight excluding hydrogens is 228 g/mol. The van der Waals surface area contributed by atoms with Crippen molar-refractivity contribution >= 4 is 29.1 Å². The highest BCUT2D eigenvalue weighted by Crippen LogP contribution is 2.39. The fraction of sp³-hybridized carbons (Fsp3) is 0.545. The number of thiophene rings is 1. The van der Waals surface area contributed by atoms with E-state index in [-0.39, 0.29) is 0 Å². The Morgan fingerprint density at radius 1 is 1.67 bits per heavy atom. The van der Waals surface area contributed by atoms with E-state index in [2.05, 4.69) is 13.8 Å². The third-order valence-electron chi connectivity index (χ3n) is 2.07. The molecule has 84 valence electrons. The fourth-order valence-corrected chi connectivity index (χ4v) is 3.95. The normalized spacial score (nSPS) is 15.2. The van der Waals surface area contributed by atoms with Crippen molar-refractivity contribution in [3.63, 3.8) is 0 Å². The lowest BCUT2D eigenvalue weighted by atomic mass is 9.98. The van der Waals surface area contributed by atoms with Gasteiger partial charge in [0.15, 0.2) is 0 Å². The second kappa shape index (κ2) is 5.03. The summed E-state index contributed by atoms with van der Waals surface area (Å²) >= 11 is 3.05. The molecule has 1 heterocycles. The Bertz CT molecular complexity index is 319. The van der Waals surface area contributed by atoms with Crippen molar-refractivity contribution in [3.05, 3.63) is 17.5 Å². The number of carboxylic acids is 1. The first-order valence-electron chi connectivity index (χ1n) is 4.90. The Hall–Kier alpha value is -0.480. The molecule has 0 spiro atoms. The van der Waals surface area contributed by atoms with Gasteiger partial charge in [0.25, 0.3) is 0 Å². The van der Waals surface area contributed by atoms with Crippen LogP contribution in [0.5, 0.6) is 0 Å². The average Bonchev–Trinajstić information content (AvgIpc) is 2.54. The standard InChI is InChI=1S/C11H16O2S2/c1-8(2)7-11(3,10(12)13)15-9-5-4-6-14-9/h4-6,8H,7H2,1-3H3,(H,12,13). The second-order valence-corrected chi connectivity index (χ2v) is 6.92. The lowest BCUT2D eigenvalue weighted by molar-refractivity contribution is -0.139. The van der Waals surface area contributed by atoms with E-state index in [4.69, 9.17) is 0 Å². The highest BCUT2D eigenvalue weighted by Gasteiger charge is 2.35. The van der Waals surface area contributed by atoms with Crippen molar-refractivity contribution in [2.75, 3.05) is 0 Å². The van der Waals surface area contributed by atoms with Crippen LogP contribution in [0.2, 0.25) is 0 Å². The van der Waals surface area contributed by atoms with E-state index < -0.39 is 10.7 Å². The molecule has 0 saturated heterocycles. The van der Waals surface area contributed by atoms with Crippen LogP contribution in [-0.4, -0.2) is 15.8 Å². The Morgan fingerprint density at radius 2 is 2.33 bits per heavy atom. The summed E-state index contributed by atoms with van der Waals surface area (Å²) in [6.07, 6.45) is 0.685. The van der Waals surface area contributed by atoms with Gasteiger partial charge in [0.05, 0.1) is 4.21 Å². The highest BCUT2D eigenvalue weighted by atomic mass is 32.2. The zero-order valence-electron chi connectivity index (χ0n) is 9.19. The number of carbonyl (C=O) groups is 1. The van der Waals surface area contributed by atoms with Crippen LogP contribution in [0.3, 0.4) is 0 Å². The fourth-order valence-electron chi connectivity index (χ4n) is 1.50. The molecule has 0 aromatic carbocycles. The molecular formula is C11H16O2S2. The molecule has 0 aliphatic heterocycles. The molecule has 1 rings (SSSR count). The summed E-state index contributed by atoms with van der Waals surface area (Å²) in [4.78, 5) is 11.3. The molecule has 1 atom stereocenters. The summed E-state index contributed by atoms with van der Waals surface area (Å²) in [6, 6.07) is 3.92. The zero-order chi connectivity index (χ0) is 11.5. The molecule has 0 radical (unpaired) electrons. The van der Waals surface area contributed by atoms with Gasteiger partial charge >= 0.3 is 5.97 Å². The number of aliphatic carboxylic acids is 1. The summed E-state index contributed by atoms with van der Waals surface area (Å²) in [5.41, 5.74) is 0. The van der Waals surface area contributed by atoms with Gasteiger partial charge in [-0.15, -0.1) is 11.3 Å². The predicted molar refractivity (Wildman–Crippen MR) is 65.7 cm³/mol. The molecule has 0 saturated carbocycles. The zero-order valence-corrected chi connectivity index (χ0v) is 10.8. The van der Waals surface area contributed by atoms with Crippen LogP contribution in [0.15, 0.2) is 21.7 Å². The minimum absolute atomic E-state index is 0.388. The summed E-state index contributed by atoms with van der Waals surface area (Å²) in [7, 11) is 0. The molecule has 1 unspecified atom stereocenters. The highest BCUT2D eigenvalue weighted by molar-refractivity contribution is 8.03. The molecule has 0 aliphatic carbocycles.